The van der Waals surface area contributed by atoms with Gasteiger partial charge in [-0.25, -0.2) is 0 Å². The minimum absolute atomic E-state index is 0.111. The molecule has 1 unspecified atom stereocenters. The van der Waals surface area contributed by atoms with Gasteiger partial charge in [-0.15, -0.1) is 0 Å². The van der Waals surface area contributed by atoms with Gasteiger partial charge in [0, 0.05) is 5.69 Å². The predicted octanol–water partition coefficient (Wildman–Crippen LogP) is 4.65. The zero-order valence-corrected chi connectivity index (χ0v) is 19.3. The molecule has 0 spiro atoms. The molecule has 2 rings (SSSR count). The first kappa shape index (κ1) is 23.5. The Labute approximate surface area is 191 Å². The van der Waals surface area contributed by atoms with E-state index in [1.54, 1.807) is 31.4 Å². The SMILES string of the molecule is COc1ccc(CC(=O)NC(NC(=S)Nc2ccc(C)cc2C)C(Cl)(Cl)Cl)cc1. The molecular formula is C20H22Cl3N3O2S. The molecule has 0 aliphatic carbocycles. The molecule has 2 aromatic rings. The number of rotatable bonds is 6. The number of benzene rings is 2. The standard InChI is InChI=1S/C20H22Cl3N3O2S/c1-12-4-9-16(13(2)10-12)24-19(29)26-18(20(21,22)23)25-17(27)11-14-5-7-15(28-3)8-6-14/h4-10,18H,11H2,1-3H3,(H,25,27)(H2,24,26,29). The maximum Gasteiger partial charge on any atom is 0.228 e. The van der Waals surface area contributed by atoms with E-state index in [0.29, 0.717) is 5.75 Å². The third-order valence-corrected chi connectivity index (χ3v) is 4.94. The molecule has 1 atom stereocenters. The van der Waals surface area contributed by atoms with E-state index in [1.807, 2.05) is 32.0 Å². The Hall–Kier alpha value is -1.73. The lowest BCUT2D eigenvalue weighted by Gasteiger charge is -2.28. The van der Waals surface area contributed by atoms with Crippen LogP contribution in [0.25, 0.3) is 0 Å². The Morgan fingerprint density at radius 3 is 2.31 bits per heavy atom. The molecule has 0 bridgehead atoms. The van der Waals surface area contributed by atoms with E-state index in [0.717, 1.165) is 22.4 Å². The molecule has 0 aliphatic rings. The fraction of sp³-hybridized carbons (Fsp3) is 0.300. The highest BCUT2D eigenvalue weighted by molar-refractivity contribution is 7.80. The zero-order valence-electron chi connectivity index (χ0n) is 16.2. The predicted molar refractivity (Wildman–Crippen MR) is 124 cm³/mol. The maximum absolute atomic E-state index is 12.4. The van der Waals surface area contributed by atoms with Crippen LogP contribution in [0.2, 0.25) is 0 Å². The van der Waals surface area contributed by atoms with Crippen molar-refractivity contribution in [3.63, 3.8) is 0 Å². The number of ether oxygens (including phenoxy) is 1. The fourth-order valence-corrected chi connectivity index (χ4v) is 3.14. The summed E-state index contributed by atoms with van der Waals surface area (Å²) in [7, 11) is 1.58. The number of methoxy groups -OCH3 is 1. The molecule has 9 heteroatoms. The van der Waals surface area contributed by atoms with Crippen molar-refractivity contribution in [2.45, 2.75) is 30.2 Å². The van der Waals surface area contributed by atoms with Gasteiger partial charge in [-0.05, 0) is 55.4 Å². The lowest BCUT2D eigenvalue weighted by molar-refractivity contribution is -0.121. The number of amides is 1. The number of anilines is 1. The topological polar surface area (TPSA) is 62.4 Å². The summed E-state index contributed by atoms with van der Waals surface area (Å²) in [6.45, 7) is 3.96. The molecule has 0 aromatic heterocycles. The third kappa shape index (κ3) is 7.55. The number of hydrogen-bond donors (Lipinski definition) is 3. The van der Waals surface area contributed by atoms with Crippen LogP contribution in [0.5, 0.6) is 5.75 Å². The summed E-state index contributed by atoms with van der Waals surface area (Å²) in [4.78, 5) is 12.4. The second kappa shape index (κ2) is 10.3. The number of alkyl halides is 3. The first-order chi connectivity index (χ1) is 13.6. The monoisotopic (exact) mass is 473 g/mol. The molecule has 0 saturated carbocycles. The van der Waals surface area contributed by atoms with Gasteiger partial charge in [-0.3, -0.25) is 4.79 Å². The molecule has 0 saturated heterocycles. The molecule has 3 N–H and O–H groups in total. The zero-order chi connectivity index (χ0) is 21.6. The minimum Gasteiger partial charge on any atom is -0.497 e. The Kier molecular flexibility index (Phi) is 8.40. The van der Waals surface area contributed by atoms with Gasteiger partial charge in [0.05, 0.1) is 13.5 Å². The first-order valence-corrected chi connectivity index (χ1v) is 10.3. The van der Waals surface area contributed by atoms with Gasteiger partial charge in [0.2, 0.25) is 9.70 Å². The van der Waals surface area contributed by atoms with Crippen molar-refractivity contribution in [1.82, 2.24) is 10.6 Å². The molecule has 0 fully saturated rings. The molecule has 0 heterocycles. The van der Waals surface area contributed by atoms with Crippen LogP contribution in [-0.4, -0.2) is 28.1 Å². The maximum atomic E-state index is 12.4. The Morgan fingerprint density at radius 1 is 1.10 bits per heavy atom. The van der Waals surface area contributed by atoms with Crippen molar-refractivity contribution < 1.29 is 9.53 Å². The normalized spacial score (nSPS) is 12.1. The number of carbonyl (C=O) groups is 1. The summed E-state index contributed by atoms with van der Waals surface area (Å²) in [6, 6.07) is 13.0. The third-order valence-electron chi connectivity index (χ3n) is 4.06. The average Bonchev–Trinajstić information content (AvgIpc) is 2.63. The highest BCUT2D eigenvalue weighted by Crippen LogP contribution is 2.29. The summed E-state index contributed by atoms with van der Waals surface area (Å²) in [5.41, 5.74) is 3.77. The minimum atomic E-state index is -1.82. The van der Waals surface area contributed by atoms with Crippen LogP contribution >= 0.6 is 47.0 Å². The van der Waals surface area contributed by atoms with E-state index < -0.39 is 9.96 Å². The van der Waals surface area contributed by atoms with Gasteiger partial charge >= 0.3 is 0 Å². The summed E-state index contributed by atoms with van der Waals surface area (Å²) in [5.74, 6) is 0.381. The Morgan fingerprint density at radius 2 is 1.76 bits per heavy atom. The second-order valence-electron chi connectivity index (χ2n) is 6.48. The van der Waals surface area contributed by atoms with E-state index in [9.17, 15) is 4.79 Å². The molecule has 2 aromatic carbocycles. The lowest BCUT2D eigenvalue weighted by Crippen LogP contribution is -2.56. The second-order valence-corrected chi connectivity index (χ2v) is 9.26. The summed E-state index contributed by atoms with van der Waals surface area (Å²) in [6.07, 6.45) is -0.913. The molecule has 156 valence electrons. The van der Waals surface area contributed by atoms with E-state index in [-0.39, 0.29) is 17.4 Å². The van der Waals surface area contributed by atoms with Gasteiger partial charge < -0.3 is 20.7 Å². The van der Waals surface area contributed by atoms with Crippen molar-refractivity contribution in [3.05, 3.63) is 59.2 Å². The van der Waals surface area contributed by atoms with Gasteiger partial charge in [0.25, 0.3) is 0 Å². The number of aryl methyl sites for hydroxylation is 2. The van der Waals surface area contributed by atoms with E-state index in [1.165, 1.54) is 0 Å². The van der Waals surface area contributed by atoms with Crippen LogP contribution in [0.15, 0.2) is 42.5 Å². The summed E-state index contributed by atoms with van der Waals surface area (Å²) >= 11 is 23.4. The quantitative estimate of drug-likeness (QED) is 0.323. The largest absolute Gasteiger partial charge is 0.497 e. The Bertz CT molecular complexity index is 870. The lowest BCUT2D eigenvalue weighted by atomic mass is 10.1. The smallest absolute Gasteiger partial charge is 0.228 e. The van der Waals surface area contributed by atoms with Crippen molar-refractivity contribution in [2.75, 3.05) is 12.4 Å². The van der Waals surface area contributed by atoms with Crippen molar-refractivity contribution in [3.8, 4) is 5.75 Å². The highest BCUT2D eigenvalue weighted by atomic mass is 35.6. The number of halogens is 3. The van der Waals surface area contributed by atoms with Crippen molar-refractivity contribution in [2.24, 2.45) is 0 Å². The average molecular weight is 475 g/mol. The number of nitrogens with one attached hydrogen (secondary N) is 3. The van der Waals surface area contributed by atoms with Crippen LogP contribution in [-0.2, 0) is 11.2 Å². The van der Waals surface area contributed by atoms with E-state index in [4.69, 9.17) is 51.8 Å². The molecule has 29 heavy (non-hydrogen) atoms. The Balaban J connectivity index is 2.00. The van der Waals surface area contributed by atoms with Crippen LogP contribution < -0.4 is 20.7 Å². The molecule has 1 amide bonds. The van der Waals surface area contributed by atoms with Crippen LogP contribution in [0.3, 0.4) is 0 Å². The molecule has 0 radical (unpaired) electrons. The van der Waals surface area contributed by atoms with Gasteiger partial charge in [-0.1, -0.05) is 64.6 Å². The van der Waals surface area contributed by atoms with Crippen molar-refractivity contribution in [1.29, 1.82) is 0 Å². The molecule has 5 nitrogen and oxygen atoms in total. The first-order valence-electron chi connectivity index (χ1n) is 8.72. The van der Waals surface area contributed by atoms with E-state index >= 15 is 0 Å². The van der Waals surface area contributed by atoms with Gasteiger partial charge in [0.15, 0.2) is 5.11 Å². The molecule has 0 aliphatic heterocycles. The van der Waals surface area contributed by atoms with Gasteiger partial charge in [0.1, 0.15) is 11.9 Å². The fourth-order valence-electron chi connectivity index (χ4n) is 2.58. The summed E-state index contributed by atoms with van der Waals surface area (Å²) in [5, 5.41) is 8.80. The van der Waals surface area contributed by atoms with Crippen LogP contribution in [0.4, 0.5) is 5.69 Å². The van der Waals surface area contributed by atoms with Crippen LogP contribution in [0.1, 0.15) is 16.7 Å². The number of carbonyl (C=O) groups excluding carboxylic acids is 1. The highest BCUT2D eigenvalue weighted by Gasteiger charge is 2.34. The summed E-state index contributed by atoms with van der Waals surface area (Å²) < 4.78 is 3.29. The number of thiocarbonyl (C=S) groups is 1. The van der Waals surface area contributed by atoms with Crippen LogP contribution in [0, 0.1) is 13.8 Å². The van der Waals surface area contributed by atoms with Gasteiger partial charge in [-0.2, -0.15) is 0 Å². The number of hydrogen-bond acceptors (Lipinski definition) is 3. The van der Waals surface area contributed by atoms with E-state index in [2.05, 4.69) is 16.0 Å². The molecular weight excluding hydrogens is 453 g/mol. The van der Waals surface area contributed by atoms with Crippen molar-refractivity contribution >= 4 is 63.7 Å².